The molecular weight excluding hydrogens is 186 g/mol. The zero-order valence-corrected chi connectivity index (χ0v) is 10.6. The Bertz CT molecular complexity index is 153. The zero-order valence-electron chi connectivity index (χ0n) is 10.6. The Morgan fingerprint density at radius 3 is 2.47 bits per heavy atom. The molecule has 0 aromatic carbocycles. The van der Waals surface area contributed by atoms with Crippen LogP contribution >= 0.6 is 0 Å². The first kappa shape index (κ1) is 13.0. The third-order valence-corrected chi connectivity index (χ3v) is 3.25. The summed E-state index contributed by atoms with van der Waals surface area (Å²) in [4.78, 5) is 0. The summed E-state index contributed by atoms with van der Waals surface area (Å²) in [7, 11) is 1.78. The lowest BCUT2D eigenvalue weighted by molar-refractivity contribution is 0.192. The van der Waals surface area contributed by atoms with E-state index < -0.39 is 0 Å². The number of nitrogens with one attached hydrogen (secondary N) is 1. The molecule has 1 rings (SSSR count). The molecule has 15 heavy (non-hydrogen) atoms. The molecule has 2 nitrogen and oxygen atoms in total. The van der Waals surface area contributed by atoms with E-state index in [4.69, 9.17) is 4.74 Å². The highest BCUT2D eigenvalue weighted by Gasteiger charge is 2.32. The van der Waals surface area contributed by atoms with Gasteiger partial charge in [-0.3, -0.25) is 0 Å². The summed E-state index contributed by atoms with van der Waals surface area (Å²) in [5, 5.41) is 3.72. The molecular formula is C13H27NO. The Labute approximate surface area is 94.8 Å². The van der Waals surface area contributed by atoms with Gasteiger partial charge in [0.2, 0.25) is 0 Å². The molecule has 0 aromatic heterocycles. The van der Waals surface area contributed by atoms with Crippen LogP contribution in [0.4, 0.5) is 0 Å². The molecule has 1 atom stereocenters. The molecule has 1 saturated carbocycles. The van der Waals surface area contributed by atoms with Gasteiger partial charge in [0.1, 0.15) is 0 Å². The Morgan fingerprint density at radius 2 is 1.93 bits per heavy atom. The highest BCUT2D eigenvalue weighted by atomic mass is 16.5. The van der Waals surface area contributed by atoms with Gasteiger partial charge >= 0.3 is 0 Å². The molecule has 0 spiro atoms. The van der Waals surface area contributed by atoms with Gasteiger partial charge in [0.05, 0.1) is 0 Å². The molecule has 0 bridgehead atoms. The summed E-state index contributed by atoms with van der Waals surface area (Å²) in [5.41, 5.74) is 0. The maximum atomic E-state index is 5.04. The van der Waals surface area contributed by atoms with Crippen LogP contribution in [0.15, 0.2) is 0 Å². The van der Waals surface area contributed by atoms with Crippen molar-refractivity contribution in [3.8, 4) is 0 Å². The molecule has 0 saturated heterocycles. The second kappa shape index (κ2) is 7.24. The Kier molecular flexibility index (Phi) is 6.26. The van der Waals surface area contributed by atoms with Crippen LogP contribution in [0.2, 0.25) is 0 Å². The first-order valence-corrected chi connectivity index (χ1v) is 6.48. The maximum Gasteiger partial charge on any atom is 0.0462 e. The van der Waals surface area contributed by atoms with Crippen LogP contribution in [0.5, 0.6) is 0 Å². The summed E-state index contributed by atoms with van der Waals surface area (Å²) in [6, 6.07) is 0.771. The highest BCUT2D eigenvalue weighted by molar-refractivity contribution is 4.88. The van der Waals surface area contributed by atoms with E-state index in [9.17, 15) is 0 Å². The molecule has 0 aliphatic heterocycles. The molecule has 1 aliphatic rings. The predicted octanol–water partition coefficient (Wildman–Crippen LogP) is 2.83. The average Bonchev–Trinajstić information content (AvgIpc) is 3.00. The zero-order chi connectivity index (χ0) is 11.1. The van der Waals surface area contributed by atoms with Gasteiger partial charge in [-0.25, -0.2) is 0 Å². The fourth-order valence-electron chi connectivity index (χ4n) is 2.22. The van der Waals surface area contributed by atoms with Crippen molar-refractivity contribution in [2.45, 2.75) is 52.0 Å². The number of rotatable bonds is 9. The van der Waals surface area contributed by atoms with Crippen LogP contribution in [0.1, 0.15) is 46.0 Å². The van der Waals surface area contributed by atoms with E-state index in [1.165, 1.54) is 38.6 Å². The van der Waals surface area contributed by atoms with Gasteiger partial charge in [0, 0.05) is 19.8 Å². The van der Waals surface area contributed by atoms with Crippen molar-refractivity contribution in [2.24, 2.45) is 11.8 Å². The van der Waals surface area contributed by atoms with E-state index in [1.807, 2.05) is 0 Å². The Hall–Kier alpha value is -0.0800. The minimum absolute atomic E-state index is 0.771. The fourth-order valence-corrected chi connectivity index (χ4v) is 2.22. The fraction of sp³-hybridized carbons (Fsp3) is 1.00. The van der Waals surface area contributed by atoms with Gasteiger partial charge in [0.25, 0.3) is 0 Å². The quantitative estimate of drug-likeness (QED) is 0.595. The lowest BCUT2D eigenvalue weighted by Crippen LogP contribution is -2.36. The lowest BCUT2D eigenvalue weighted by Gasteiger charge is -2.22. The van der Waals surface area contributed by atoms with E-state index >= 15 is 0 Å². The van der Waals surface area contributed by atoms with Crippen LogP contribution in [0.3, 0.4) is 0 Å². The summed E-state index contributed by atoms with van der Waals surface area (Å²) in [6.07, 6.45) is 6.67. The number of methoxy groups -OCH3 is 1. The second-order valence-electron chi connectivity index (χ2n) is 5.11. The van der Waals surface area contributed by atoms with Crippen LogP contribution in [0, 0.1) is 11.8 Å². The maximum absolute atomic E-state index is 5.04. The molecule has 1 unspecified atom stereocenters. The molecule has 1 aliphatic carbocycles. The number of hydrogen-bond acceptors (Lipinski definition) is 2. The van der Waals surface area contributed by atoms with E-state index in [2.05, 4.69) is 19.2 Å². The largest absolute Gasteiger partial charge is 0.385 e. The first-order chi connectivity index (χ1) is 7.25. The normalized spacial score (nSPS) is 18.4. The SMILES string of the molecule is COCCCCCNC(C(C)C)C1CC1. The second-order valence-corrected chi connectivity index (χ2v) is 5.11. The summed E-state index contributed by atoms with van der Waals surface area (Å²) in [5.74, 6) is 1.76. The third kappa shape index (κ3) is 5.53. The Balaban J connectivity index is 1.97. The molecule has 0 aromatic rings. The van der Waals surface area contributed by atoms with Crippen molar-refractivity contribution in [1.29, 1.82) is 0 Å². The van der Waals surface area contributed by atoms with Gasteiger partial charge in [-0.05, 0) is 50.5 Å². The number of unbranched alkanes of at least 4 members (excludes halogenated alkanes) is 2. The molecule has 90 valence electrons. The standard InChI is InChI=1S/C13H27NO/c1-11(2)13(12-7-8-12)14-9-5-4-6-10-15-3/h11-14H,4-10H2,1-3H3. The van der Waals surface area contributed by atoms with Gasteiger partial charge in [-0.15, -0.1) is 0 Å². The van der Waals surface area contributed by atoms with Crippen LogP contribution in [0.25, 0.3) is 0 Å². The third-order valence-electron chi connectivity index (χ3n) is 3.25. The predicted molar refractivity (Wildman–Crippen MR) is 65.1 cm³/mol. The van der Waals surface area contributed by atoms with Crippen molar-refractivity contribution in [1.82, 2.24) is 5.32 Å². The molecule has 1 fully saturated rings. The molecule has 1 N–H and O–H groups in total. The van der Waals surface area contributed by atoms with E-state index in [1.54, 1.807) is 7.11 Å². The van der Waals surface area contributed by atoms with E-state index in [0.717, 1.165) is 24.5 Å². The van der Waals surface area contributed by atoms with E-state index in [-0.39, 0.29) is 0 Å². The van der Waals surface area contributed by atoms with Crippen LogP contribution < -0.4 is 5.32 Å². The van der Waals surface area contributed by atoms with Crippen molar-refractivity contribution < 1.29 is 4.74 Å². The topological polar surface area (TPSA) is 21.3 Å². The van der Waals surface area contributed by atoms with Gasteiger partial charge < -0.3 is 10.1 Å². The average molecular weight is 213 g/mol. The van der Waals surface area contributed by atoms with Gasteiger partial charge in [-0.2, -0.15) is 0 Å². The number of ether oxygens (including phenoxy) is 1. The van der Waals surface area contributed by atoms with Crippen molar-refractivity contribution in [3.05, 3.63) is 0 Å². The smallest absolute Gasteiger partial charge is 0.0462 e. The first-order valence-electron chi connectivity index (χ1n) is 6.48. The minimum Gasteiger partial charge on any atom is -0.385 e. The van der Waals surface area contributed by atoms with Crippen LogP contribution in [-0.4, -0.2) is 26.3 Å². The van der Waals surface area contributed by atoms with Crippen LogP contribution in [-0.2, 0) is 4.74 Å². The van der Waals surface area contributed by atoms with Gasteiger partial charge in [0.15, 0.2) is 0 Å². The summed E-state index contributed by atoms with van der Waals surface area (Å²) >= 11 is 0. The van der Waals surface area contributed by atoms with Gasteiger partial charge in [-0.1, -0.05) is 13.8 Å². The Morgan fingerprint density at radius 1 is 1.20 bits per heavy atom. The van der Waals surface area contributed by atoms with Crippen molar-refractivity contribution >= 4 is 0 Å². The highest BCUT2D eigenvalue weighted by Crippen LogP contribution is 2.35. The van der Waals surface area contributed by atoms with Crippen molar-refractivity contribution in [3.63, 3.8) is 0 Å². The van der Waals surface area contributed by atoms with Crippen molar-refractivity contribution in [2.75, 3.05) is 20.3 Å². The molecule has 0 heterocycles. The molecule has 0 amide bonds. The number of hydrogen-bond donors (Lipinski definition) is 1. The lowest BCUT2D eigenvalue weighted by atomic mass is 9.99. The summed E-state index contributed by atoms with van der Waals surface area (Å²) < 4.78 is 5.04. The monoisotopic (exact) mass is 213 g/mol. The minimum atomic E-state index is 0.771. The molecule has 0 radical (unpaired) electrons. The van der Waals surface area contributed by atoms with E-state index in [0.29, 0.717) is 0 Å². The molecule has 2 heteroatoms. The summed E-state index contributed by atoms with van der Waals surface area (Å²) in [6.45, 7) is 6.76.